The number of nitrogens with zero attached hydrogens (tertiary/aromatic N) is 3. The van der Waals surface area contributed by atoms with Crippen molar-refractivity contribution < 1.29 is 14.6 Å². The molecule has 19 heavy (non-hydrogen) atoms. The molecule has 0 atom stereocenters. The molecule has 0 unspecified atom stereocenters. The Morgan fingerprint density at radius 3 is 2.79 bits per heavy atom. The zero-order valence-electron chi connectivity index (χ0n) is 10.4. The highest BCUT2D eigenvalue weighted by atomic mass is 127. The number of rotatable bonds is 4. The lowest BCUT2D eigenvalue weighted by molar-refractivity contribution is 0.0696. The molecule has 0 fully saturated rings. The highest BCUT2D eigenvalue weighted by Crippen LogP contribution is 2.23. The van der Waals surface area contributed by atoms with Gasteiger partial charge in [0.1, 0.15) is 18.2 Å². The monoisotopic (exact) mass is 373 g/mol. The van der Waals surface area contributed by atoms with E-state index in [0.717, 1.165) is 9.39 Å². The Bertz CT molecular complexity index is 625. The van der Waals surface area contributed by atoms with E-state index in [1.54, 1.807) is 12.1 Å². The summed E-state index contributed by atoms with van der Waals surface area (Å²) in [5, 5.41) is 16.9. The summed E-state index contributed by atoms with van der Waals surface area (Å²) in [6.07, 6.45) is 0. The molecule has 0 aliphatic rings. The molecule has 0 aliphatic carbocycles. The van der Waals surface area contributed by atoms with Crippen LogP contribution in [0, 0.1) is 10.5 Å². The predicted molar refractivity (Wildman–Crippen MR) is 76.2 cm³/mol. The molecule has 1 heterocycles. The van der Waals surface area contributed by atoms with E-state index in [2.05, 4.69) is 32.8 Å². The second-order valence-corrected chi connectivity index (χ2v) is 5.12. The van der Waals surface area contributed by atoms with E-state index in [0.29, 0.717) is 11.6 Å². The first-order chi connectivity index (χ1) is 8.99. The van der Waals surface area contributed by atoms with Crippen molar-refractivity contribution in [2.45, 2.75) is 13.5 Å². The van der Waals surface area contributed by atoms with Crippen molar-refractivity contribution in [3.63, 3.8) is 0 Å². The van der Waals surface area contributed by atoms with E-state index in [-0.39, 0.29) is 12.2 Å². The molecule has 0 bridgehead atoms. The van der Waals surface area contributed by atoms with E-state index < -0.39 is 5.97 Å². The molecule has 0 amide bonds. The van der Waals surface area contributed by atoms with Gasteiger partial charge in [-0.15, -0.1) is 10.2 Å². The van der Waals surface area contributed by atoms with Gasteiger partial charge in [-0.3, -0.25) is 0 Å². The molecule has 0 aliphatic heterocycles. The standard InChI is InChI=1S/C12H12IN3O3/c1-7-14-15-11(16(7)2)6-19-10-5-8(12(17)18)3-4-9(10)13/h3-5H,6H2,1-2H3,(H,17,18). The van der Waals surface area contributed by atoms with Gasteiger partial charge in [0.25, 0.3) is 0 Å². The minimum Gasteiger partial charge on any atom is -0.484 e. The average Bonchev–Trinajstić information content (AvgIpc) is 2.69. The first-order valence-corrected chi connectivity index (χ1v) is 6.57. The fourth-order valence-electron chi connectivity index (χ4n) is 1.47. The van der Waals surface area contributed by atoms with Gasteiger partial charge in [-0.05, 0) is 47.7 Å². The SMILES string of the molecule is Cc1nnc(COc2cc(C(=O)O)ccc2I)n1C. The number of aromatic nitrogens is 3. The molecule has 0 radical (unpaired) electrons. The van der Waals surface area contributed by atoms with Crippen LogP contribution in [-0.4, -0.2) is 25.8 Å². The second kappa shape index (κ2) is 5.55. The van der Waals surface area contributed by atoms with E-state index in [1.807, 2.05) is 18.5 Å². The number of halogens is 1. The third-order valence-electron chi connectivity index (χ3n) is 2.72. The number of carboxylic acids is 1. The quantitative estimate of drug-likeness (QED) is 0.830. The maximum atomic E-state index is 10.9. The van der Waals surface area contributed by atoms with E-state index in [9.17, 15) is 4.79 Å². The van der Waals surface area contributed by atoms with Gasteiger partial charge >= 0.3 is 5.97 Å². The summed E-state index contributed by atoms with van der Waals surface area (Å²) in [6.45, 7) is 2.10. The molecule has 6 nitrogen and oxygen atoms in total. The molecule has 2 rings (SSSR count). The number of hydrogen-bond donors (Lipinski definition) is 1. The van der Waals surface area contributed by atoms with Gasteiger partial charge < -0.3 is 14.4 Å². The number of benzene rings is 1. The van der Waals surface area contributed by atoms with E-state index in [4.69, 9.17) is 9.84 Å². The number of aromatic carboxylic acids is 1. The lowest BCUT2D eigenvalue weighted by Crippen LogP contribution is -2.06. The van der Waals surface area contributed by atoms with Crippen molar-refractivity contribution >= 4 is 28.6 Å². The van der Waals surface area contributed by atoms with E-state index in [1.165, 1.54) is 6.07 Å². The zero-order valence-corrected chi connectivity index (χ0v) is 12.6. The van der Waals surface area contributed by atoms with Crippen molar-refractivity contribution in [2.75, 3.05) is 0 Å². The van der Waals surface area contributed by atoms with Crippen LogP contribution in [0.2, 0.25) is 0 Å². The lowest BCUT2D eigenvalue weighted by Gasteiger charge is -2.08. The smallest absolute Gasteiger partial charge is 0.335 e. The normalized spacial score (nSPS) is 10.5. The van der Waals surface area contributed by atoms with Gasteiger partial charge in [0.2, 0.25) is 0 Å². The lowest BCUT2D eigenvalue weighted by atomic mass is 10.2. The summed E-state index contributed by atoms with van der Waals surface area (Å²) < 4.78 is 8.29. The second-order valence-electron chi connectivity index (χ2n) is 3.96. The Labute approximate surface area is 123 Å². The summed E-state index contributed by atoms with van der Waals surface area (Å²) in [4.78, 5) is 10.9. The first kappa shape index (κ1) is 13.8. The summed E-state index contributed by atoms with van der Waals surface area (Å²) >= 11 is 2.10. The average molecular weight is 373 g/mol. The Balaban J connectivity index is 2.17. The molecular weight excluding hydrogens is 361 g/mol. The molecule has 0 saturated carbocycles. The Morgan fingerprint density at radius 1 is 1.47 bits per heavy atom. The van der Waals surface area contributed by atoms with Crippen molar-refractivity contribution in [1.29, 1.82) is 0 Å². The highest BCUT2D eigenvalue weighted by Gasteiger charge is 2.10. The predicted octanol–water partition coefficient (Wildman–Crippen LogP) is 2.01. The number of carbonyl (C=O) groups is 1. The topological polar surface area (TPSA) is 77.2 Å². The third-order valence-corrected chi connectivity index (χ3v) is 3.61. The third kappa shape index (κ3) is 3.03. The molecule has 0 saturated heterocycles. The Hall–Kier alpha value is -1.64. The van der Waals surface area contributed by atoms with Crippen LogP contribution in [0.1, 0.15) is 22.0 Å². The van der Waals surface area contributed by atoms with Crippen molar-refractivity contribution in [3.05, 3.63) is 39.0 Å². The maximum absolute atomic E-state index is 10.9. The number of hydrogen-bond acceptors (Lipinski definition) is 4. The zero-order chi connectivity index (χ0) is 14.0. The van der Waals surface area contributed by atoms with Gasteiger partial charge in [0.15, 0.2) is 5.82 Å². The summed E-state index contributed by atoms with van der Waals surface area (Å²) in [5.74, 6) is 1.04. The van der Waals surface area contributed by atoms with Crippen LogP contribution in [0.15, 0.2) is 18.2 Å². The Morgan fingerprint density at radius 2 is 2.21 bits per heavy atom. The first-order valence-electron chi connectivity index (χ1n) is 5.49. The van der Waals surface area contributed by atoms with Crippen LogP contribution < -0.4 is 4.74 Å². The van der Waals surface area contributed by atoms with Crippen LogP contribution in [0.3, 0.4) is 0 Å². The molecule has 2 aromatic rings. The molecular formula is C12H12IN3O3. The summed E-state index contributed by atoms with van der Waals surface area (Å²) in [6, 6.07) is 4.76. The number of ether oxygens (including phenoxy) is 1. The maximum Gasteiger partial charge on any atom is 0.335 e. The van der Waals surface area contributed by atoms with Gasteiger partial charge in [0, 0.05) is 7.05 Å². The van der Waals surface area contributed by atoms with Crippen LogP contribution in [0.4, 0.5) is 0 Å². The number of aryl methyl sites for hydroxylation is 1. The molecule has 7 heteroatoms. The van der Waals surface area contributed by atoms with Crippen LogP contribution in [-0.2, 0) is 13.7 Å². The minimum absolute atomic E-state index is 0.199. The molecule has 0 spiro atoms. The van der Waals surface area contributed by atoms with Gasteiger partial charge in [-0.1, -0.05) is 0 Å². The van der Waals surface area contributed by atoms with Crippen molar-refractivity contribution in [2.24, 2.45) is 7.05 Å². The summed E-state index contributed by atoms with van der Waals surface area (Å²) in [5.41, 5.74) is 0.199. The van der Waals surface area contributed by atoms with Gasteiger partial charge in [-0.2, -0.15) is 0 Å². The molecule has 1 aromatic heterocycles. The van der Waals surface area contributed by atoms with Crippen LogP contribution in [0.5, 0.6) is 5.75 Å². The summed E-state index contributed by atoms with van der Waals surface area (Å²) in [7, 11) is 1.85. The van der Waals surface area contributed by atoms with Gasteiger partial charge in [-0.25, -0.2) is 4.79 Å². The van der Waals surface area contributed by atoms with Gasteiger partial charge in [0.05, 0.1) is 9.13 Å². The fraction of sp³-hybridized carbons (Fsp3) is 0.250. The Kier molecular flexibility index (Phi) is 4.03. The minimum atomic E-state index is -0.976. The fourth-order valence-corrected chi connectivity index (χ4v) is 1.96. The molecule has 100 valence electrons. The van der Waals surface area contributed by atoms with Crippen LogP contribution >= 0.6 is 22.6 Å². The number of carboxylic acid groups (broad SMARTS) is 1. The molecule has 1 N–H and O–H groups in total. The highest BCUT2D eigenvalue weighted by molar-refractivity contribution is 14.1. The molecule has 1 aromatic carbocycles. The van der Waals surface area contributed by atoms with E-state index >= 15 is 0 Å². The van der Waals surface area contributed by atoms with Crippen molar-refractivity contribution in [1.82, 2.24) is 14.8 Å². The largest absolute Gasteiger partial charge is 0.484 e. The van der Waals surface area contributed by atoms with Crippen molar-refractivity contribution in [3.8, 4) is 5.75 Å². The van der Waals surface area contributed by atoms with Crippen LogP contribution in [0.25, 0.3) is 0 Å².